The summed E-state index contributed by atoms with van der Waals surface area (Å²) in [5.41, 5.74) is 0.534. The van der Waals surface area contributed by atoms with Crippen LogP contribution in [-0.2, 0) is 16.6 Å². The number of pyridine rings is 1. The molecule has 2 heterocycles. The van der Waals surface area contributed by atoms with E-state index in [-0.39, 0.29) is 16.3 Å². The molecule has 9 heteroatoms. The summed E-state index contributed by atoms with van der Waals surface area (Å²) in [6.07, 6.45) is 2.36. The summed E-state index contributed by atoms with van der Waals surface area (Å²) in [5.74, 6) is 0.517. The molecule has 21 heavy (non-hydrogen) atoms. The lowest BCUT2D eigenvalue weighted by Gasteiger charge is -2.08. The number of hydrogen-bond donors (Lipinski definition) is 3. The zero-order valence-electron chi connectivity index (χ0n) is 11.4. The van der Waals surface area contributed by atoms with Crippen LogP contribution in [0.25, 0.3) is 0 Å². The zero-order valence-corrected chi connectivity index (χ0v) is 13.1. The monoisotopic (exact) mass is 328 g/mol. The van der Waals surface area contributed by atoms with Crippen LogP contribution in [0.4, 0.5) is 5.82 Å². The van der Waals surface area contributed by atoms with Crippen LogP contribution in [0.1, 0.15) is 19.0 Å². The van der Waals surface area contributed by atoms with E-state index in [1.54, 1.807) is 5.38 Å². The molecule has 0 radical (unpaired) electrons. The van der Waals surface area contributed by atoms with E-state index in [1.165, 1.54) is 18.3 Å². The Morgan fingerprint density at radius 1 is 1.43 bits per heavy atom. The molecule has 0 bridgehead atoms. The maximum absolute atomic E-state index is 12.2. The lowest BCUT2D eigenvalue weighted by Crippen LogP contribution is -2.24. The largest absolute Gasteiger partial charge is 0.370 e. The number of sulfonamides is 1. The minimum Gasteiger partial charge on any atom is -0.370 e. The number of nitrogens with zero attached hydrogens (tertiary/aromatic N) is 1. The average Bonchev–Trinajstić information content (AvgIpc) is 2.89. The fraction of sp³-hybridized carbons (Fsp3) is 0.333. The lowest BCUT2D eigenvalue weighted by atomic mass is 10.4. The smallest absolute Gasteiger partial charge is 0.304 e. The number of thiazole rings is 1. The van der Waals surface area contributed by atoms with Gasteiger partial charge in [-0.25, -0.2) is 18.1 Å². The van der Waals surface area contributed by atoms with Gasteiger partial charge in [-0.15, -0.1) is 0 Å². The van der Waals surface area contributed by atoms with Crippen molar-refractivity contribution in [1.29, 1.82) is 0 Å². The molecule has 0 aromatic carbocycles. The van der Waals surface area contributed by atoms with Gasteiger partial charge in [0.1, 0.15) is 5.82 Å². The van der Waals surface area contributed by atoms with Crippen LogP contribution in [0.3, 0.4) is 0 Å². The minimum atomic E-state index is -3.64. The summed E-state index contributed by atoms with van der Waals surface area (Å²) < 4.78 is 26.8. The number of rotatable bonds is 7. The summed E-state index contributed by atoms with van der Waals surface area (Å²) in [6.45, 7) is 2.78. The minimum absolute atomic E-state index is 0.0428. The van der Waals surface area contributed by atoms with E-state index in [2.05, 4.69) is 20.0 Å². The highest BCUT2D eigenvalue weighted by molar-refractivity contribution is 7.89. The third kappa shape index (κ3) is 4.38. The quantitative estimate of drug-likeness (QED) is 0.707. The number of aromatic amines is 1. The van der Waals surface area contributed by atoms with Crippen molar-refractivity contribution in [3.63, 3.8) is 0 Å². The van der Waals surface area contributed by atoms with Crippen molar-refractivity contribution in [1.82, 2.24) is 14.7 Å². The van der Waals surface area contributed by atoms with E-state index >= 15 is 0 Å². The maximum Gasteiger partial charge on any atom is 0.304 e. The Hall–Kier alpha value is -1.71. The Bertz CT molecular complexity index is 752. The Kier molecular flexibility index (Phi) is 5.10. The molecule has 0 saturated carbocycles. The molecule has 114 valence electrons. The number of aromatic nitrogens is 2. The van der Waals surface area contributed by atoms with E-state index in [4.69, 9.17) is 0 Å². The molecule has 0 unspecified atom stereocenters. The Morgan fingerprint density at radius 2 is 2.24 bits per heavy atom. The first kappa shape index (κ1) is 15.7. The summed E-state index contributed by atoms with van der Waals surface area (Å²) in [4.78, 5) is 17.5. The number of hydrogen-bond acceptors (Lipinski definition) is 6. The molecule has 0 aliphatic rings. The molecule has 2 aromatic heterocycles. The fourth-order valence-electron chi connectivity index (χ4n) is 1.58. The molecule has 0 aliphatic carbocycles. The highest BCUT2D eigenvalue weighted by atomic mass is 32.2. The molecular formula is C12H16N4O3S2. The van der Waals surface area contributed by atoms with Crippen molar-refractivity contribution in [3.8, 4) is 0 Å². The predicted molar refractivity (Wildman–Crippen MR) is 82.0 cm³/mol. The van der Waals surface area contributed by atoms with Gasteiger partial charge in [0.05, 0.1) is 11.4 Å². The summed E-state index contributed by atoms with van der Waals surface area (Å²) in [6, 6.07) is 2.91. The molecule has 3 N–H and O–H groups in total. The van der Waals surface area contributed by atoms with Crippen LogP contribution in [0.5, 0.6) is 0 Å². The third-order valence-corrected chi connectivity index (χ3v) is 4.74. The maximum atomic E-state index is 12.2. The second kappa shape index (κ2) is 6.83. The van der Waals surface area contributed by atoms with Gasteiger partial charge in [-0.05, 0) is 12.5 Å². The molecule has 7 nitrogen and oxygen atoms in total. The fourth-order valence-corrected chi connectivity index (χ4v) is 3.19. The molecular weight excluding hydrogens is 312 g/mol. The van der Waals surface area contributed by atoms with Gasteiger partial charge < -0.3 is 10.3 Å². The van der Waals surface area contributed by atoms with Crippen molar-refractivity contribution >= 4 is 27.2 Å². The van der Waals surface area contributed by atoms with E-state index in [9.17, 15) is 13.2 Å². The molecule has 0 saturated heterocycles. The SMILES string of the molecule is CCCNc1cc(S(=O)(=O)NCc2csc(=O)[nH]2)ccn1. The summed E-state index contributed by atoms with van der Waals surface area (Å²) >= 11 is 0.996. The van der Waals surface area contributed by atoms with E-state index in [0.717, 1.165) is 24.3 Å². The van der Waals surface area contributed by atoms with Gasteiger partial charge in [-0.1, -0.05) is 18.3 Å². The van der Waals surface area contributed by atoms with Crippen LogP contribution < -0.4 is 14.9 Å². The van der Waals surface area contributed by atoms with Gasteiger partial charge in [-0.3, -0.25) is 4.79 Å². The van der Waals surface area contributed by atoms with Crippen LogP contribution in [0, 0.1) is 0 Å². The van der Waals surface area contributed by atoms with Gasteiger partial charge >= 0.3 is 4.87 Å². The predicted octanol–water partition coefficient (Wildman–Crippen LogP) is 1.13. The molecule has 0 amide bonds. The molecule has 2 rings (SSSR count). The summed E-state index contributed by atoms with van der Waals surface area (Å²) in [7, 11) is -3.64. The van der Waals surface area contributed by atoms with Gasteiger partial charge in [-0.2, -0.15) is 0 Å². The van der Waals surface area contributed by atoms with Crippen molar-refractivity contribution in [2.24, 2.45) is 0 Å². The highest BCUT2D eigenvalue weighted by Crippen LogP contribution is 2.13. The number of anilines is 1. The third-order valence-electron chi connectivity index (χ3n) is 2.62. The summed E-state index contributed by atoms with van der Waals surface area (Å²) in [5, 5.41) is 4.62. The molecule has 0 fully saturated rings. The van der Waals surface area contributed by atoms with Gasteiger partial charge in [0.25, 0.3) is 0 Å². The average molecular weight is 328 g/mol. The van der Waals surface area contributed by atoms with Crippen molar-refractivity contribution in [2.75, 3.05) is 11.9 Å². The van der Waals surface area contributed by atoms with Crippen LogP contribution in [0.15, 0.2) is 33.4 Å². The molecule has 0 spiro atoms. The topological polar surface area (TPSA) is 104 Å². The van der Waals surface area contributed by atoms with Gasteiger partial charge in [0.2, 0.25) is 10.0 Å². The van der Waals surface area contributed by atoms with E-state index < -0.39 is 10.0 Å². The van der Waals surface area contributed by atoms with E-state index in [1.807, 2.05) is 6.92 Å². The van der Waals surface area contributed by atoms with Crippen LogP contribution in [-0.4, -0.2) is 24.9 Å². The zero-order chi connectivity index (χ0) is 15.3. The molecule has 0 aliphatic heterocycles. The molecule has 2 aromatic rings. The van der Waals surface area contributed by atoms with Gasteiger partial charge in [0.15, 0.2) is 0 Å². The number of H-pyrrole nitrogens is 1. The first-order chi connectivity index (χ1) is 10.0. The Morgan fingerprint density at radius 3 is 2.90 bits per heavy atom. The first-order valence-electron chi connectivity index (χ1n) is 6.37. The highest BCUT2D eigenvalue weighted by Gasteiger charge is 2.15. The number of nitrogens with one attached hydrogen (secondary N) is 3. The van der Waals surface area contributed by atoms with E-state index in [0.29, 0.717) is 11.5 Å². The second-order valence-electron chi connectivity index (χ2n) is 4.30. The standard InChI is InChI=1S/C12H16N4O3S2/c1-2-4-13-11-6-10(3-5-14-11)21(18,19)15-7-9-8-20-12(17)16-9/h3,5-6,8,15H,2,4,7H2,1H3,(H,13,14)(H,16,17). The van der Waals surface area contributed by atoms with Gasteiger partial charge in [0, 0.05) is 29.9 Å². The van der Waals surface area contributed by atoms with Crippen LogP contribution >= 0.6 is 11.3 Å². The lowest BCUT2D eigenvalue weighted by molar-refractivity contribution is 0.580. The molecule has 0 atom stereocenters. The van der Waals surface area contributed by atoms with Crippen molar-refractivity contribution in [2.45, 2.75) is 24.8 Å². The Balaban J connectivity index is 2.09. The first-order valence-corrected chi connectivity index (χ1v) is 8.74. The normalized spacial score (nSPS) is 11.5. The second-order valence-corrected chi connectivity index (χ2v) is 6.91. The Labute approximate surface area is 126 Å². The van der Waals surface area contributed by atoms with Crippen LogP contribution in [0.2, 0.25) is 0 Å². The van der Waals surface area contributed by atoms with Crippen molar-refractivity contribution in [3.05, 3.63) is 39.1 Å². The van der Waals surface area contributed by atoms with Crippen molar-refractivity contribution < 1.29 is 8.42 Å².